The molecule has 4 nitrogen and oxygen atoms in total. The number of anilines is 2. The number of aromatic amines is 1. The van der Waals surface area contributed by atoms with Gasteiger partial charge >= 0.3 is 6.18 Å². The Morgan fingerprint density at radius 3 is 2.52 bits per heavy atom. The van der Waals surface area contributed by atoms with E-state index < -0.39 is 11.7 Å². The number of halogens is 3. The molecule has 0 spiro atoms. The molecular formula is C20H15F3N4. The topological polar surface area (TPSA) is 53.6 Å². The van der Waals surface area contributed by atoms with E-state index in [4.69, 9.17) is 0 Å². The van der Waals surface area contributed by atoms with Gasteiger partial charge in [-0.3, -0.25) is 0 Å². The van der Waals surface area contributed by atoms with Crippen LogP contribution in [0.25, 0.3) is 22.4 Å². The number of aryl methyl sites for hydroxylation is 1. The van der Waals surface area contributed by atoms with Crippen molar-refractivity contribution in [2.45, 2.75) is 13.1 Å². The molecule has 0 saturated carbocycles. The average molecular weight is 368 g/mol. The second kappa shape index (κ2) is 6.42. The van der Waals surface area contributed by atoms with Crippen molar-refractivity contribution in [3.8, 4) is 11.4 Å². The molecule has 2 heterocycles. The normalized spacial score (nSPS) is 11.7. The number of benzene rings is 2. The van der Waals surface area contributed by atoms with E-state index in [0.717, 1.165) is 28.8 Å². The van der Waals surface area contributed by atoms with Crippen LogP contribution in [0.4, 0.5) is 24.7 Å². The molecule has 0 aliphatic heterocycles. The summed E-state index contributed by atoms with van der Waals surface area (Å²) in [5.41, 5.74) is 2.94. The fraction of sp³-hybridized carbons (Fsp3) is 0.100. The monoisotopic (exact) mass is 368 g/mol. The smallest absolute Gasteiger partial charge is 0.338 e. The van der Waals surface area contributed by atoms with Crippen LogP contribution in [-0.2, 0) is 6.18 Å². The lowest BCUT2D eigenvalue weighted by molar-refractivity contribution is -0.137. The number of nitrogens with zero attached hydrogens (tertiary/aromatic N) is 2. The molecule has 0 radical (unpaired) electrons. The van der Waals surface area contributed by atoms with E-state index in [-0.39, 0.29) is 0 Å². The maximum Gasteiger partial charge on any atom is 0.416 e. The van der Waals surface area contributed by atoms with Gasteiger partial charge in [0, 0.05) is 17.4 Å². The molecule has 136 valence electrons. The fourth-order valence-corrected chi connectivity index (χ4v) is 2.78. The average Bonchev–Trinajstić information content (AvgIpc) is 3.07. The molecule has 0 aliphatic carbocycles. The van der Waals surface area contributed by atoms with Gasteiger partial charge in [0.1, 0.15) is 11.3 Å². The van der Waals surface area contributed by atoms with Crippen molar-refractivity contribution in [3.63, 3.8) is 0 Å². The molecule has 4 aromatic rings. The summed E-state index contributed by atoms with van der Waals surface area (Å²) in [5, 5.41) is 2.94. The van der Waals surface area contributed by atoms with Gasteiger partial charge in [-0.15, -0.1) is 0 Å². The third kappa shape index (κ3) is 3.48. The highest BCUT2D eigenvalue weighted by molar-refractivity contribution is 5.89. The standard InChI is InChI=1S/C20H15F3N4/c1-12-5-7-13(8-6-12)18-26-16-9-10-24-19(17(16)27-18)25-15-4-2-3-14(11-15)20(21,22)23/h2-11H,1H3,(H,24,25)(H,26,27). The van der Waals surface area contributed by atoms with E-state index >= 15 is 0 Å². The Kier molecular flexibility index (Phi) is 4.07. The number of alkyl halides is 3. The predicted molar refractivity (Wildman–Crippen MR) is 98.8 cm³/mol. The van der Waals surface area contributed by atoms with Gasteiger partial charge < -0.3 is 10.3 Å². The number of nitrogens with one attached hydrogen (secondary N) is 2. The van der Waals surface area contributed by atoms with Crippen molar-refractivity contribution in [3.05, 3.63) is 71.9 Å². The van der Waals surface area contributed by atoms with Gasteiger partial charge in [0.15, 0.2) is 5.82 Å². The first-order chi connectivity index (χ1) is 12.9. The number of hydrogen-bond donors (Lipinski definition) is 2. The quantitative estimate of drug-likeness (QED) is 0.488. The Morgan fingerprint density at radius 2 is 1.78 bits per heavy atom. The number of rotatable bonds is 3. The fourth-order valence-electron chi connectivity index (χ4n) is 2.78. The van der Waals surface area contributed by atoms with Gasteiger partial charge in [-0.2, -0.15) is 13.2 Å². The number of H-pyrrole nitrogens is 1. The number of fused-ring (bicyclic) bond motifs is 1. The molecule has 0 fully saturated rings. The molecule has 2 N–H and O–H groups in total. The van der Waals surface area contributed by atoms with Crippen molar-refractivity contribution in [2.75, 3.05) is 5.32 Å². The van der Waals surface area contributed by atoms with E-state index in [1.807, 2.05) is 31.2 Å². The Bertz CT molecular complexity index is 1100. The van der Waals surface area contributed by atoms with Crippen molar-refractivity contribution in [1.82, 2.24) is 15.0 Å². The lowest BCUT2D eigenvalue weighted by atomic mass is 10.1. The van der Waals surface area contributed by atoms with Gasteiger partial charge in [-0.05, 0) is 31.2 Å². The minimum Gasteiger partial charge on any atom is -0.338 e. The largest absolute Gasteiger partial charge is 0.416 e. The number of aromatic nitrogens is 3. The van der Waals surface area contributed by atoms with E-state index in [9.17, 15) is 13.2 Å². The molecule has 0 unspecified atom stereocenters. The lowest BCUT2D eigenvalue weighted by Crippen LogP contribution is -2.05. The van der Waals surface area contributed by atoms with Crippen LogP contribution in [0.2, 0.25) is 0 Å². The van der Waals surface area contributed by atoms with Crippen molar-refractivity contribution in [2.24, 2.45) is 0 Å². The van der Waals surface area contributed by atoms with Gasteiger partial charge in [0.2, 0.25) is 0 Å². The SMILES string of the molecule is Cc1ccc(-c2nc3c(Nc4cccc(C(F)(F)F)c4)nccc3[nH]2)cc1. The molecule has 27 heavy (non-hydrogen) atoms. The summed E-state index contributed by atoms with van der Waals surface area (Å²) < 4.78 is 38.8. The summed E-state index contributed by atoms with van der Waals surface area (Å²) in [6.07, 6.45) is -2.82. The highest BCUT2D eigenvalue weighted by atomic mass is 19.4. The molecule has 4 rings (SSSR count). The first-order valence-corrected chi connectivity index (χ1v) is 8.26. The van der Waals surface area contributed by atoms with Crippen LogP contribution in [0, 0.1) is 6.92 Å². The van der Waals surface area contributed by atoms with E-state index in [0.29, 0.717) is 22.8 Å². The predicted octanol–water partition coefficient (Wildman–Crippen LogP) is 5.70. The Labute approximate surface area is 153 Å². The van der Waals surface area contributed by atoms with Crippen LogP contribution in [0.5, 0.6) is 0 Å². The Hall–Kier alpha value is -3.35. The van der Waals surface area contributed by atoms with Crippen LogP contribution in [-0.4, -0.2) is 15.0 Å². The van der Waals surface area contributed by atoms with Crippen LogP contribution in [0.3, 0.4) is 0 Å². The summed E-state index contributed by atoms with van der Waals surface area (Å²) in [6, 6.07) is 14.7. The van der Waals surface area contributed by atoms with Gasteiger partial charge in [0.05, 0.1) is 11.1 Å². The van der Waals surface area contributed by atoms with Crippen molar-refractivity contribution < 1.29 is 13.2 Å². The summed E-state index contributed by atoms with van der Waals surface area (Å²) in [5.74, 6) is 1.06. The van der Waals surface area contributed by atoms with E-state index in [2.05, 4.69) is 20.3 Å². The zero-order valence-corrected chi connectivity index (χ0v) is 14.3. The molecule has 0 aliphatic rings. The zero-order chi connectivity index (χ0) is 19.0. The minimum absolute atomic E-state index is 0.296. The third-order valence-electron chi connectivity index (χ3n) is 4.18. The summed E-state index contributed by atoms with van der Waals surface area (Å²) in [7, 11) is 0. The van der Waals surface area contributed by atoms with Crippen molar-refractivity contribution in [1.29, 1.82) is 0 Å². The van der Waals surface area contributed by atoms with Gasteiger partial charge in [-0.1, -0.05) is 35.9 Å². The third-order valence-corrected chi connectivity index (χ3v) is 4.18. The molecule has 0 saturated heterocycles. The van der Waals surface area contributed by atoms with Gasteiger partial charge in [0.25, 0.3) is 0 Å². The molecule has 7 heteroatoms. The number of hydrogen-bond acceptors (Lipinski definition) is 3. The highest BCUT2D eigenvalue weighted by Gasteiger charge is 2.30. The second-order valence-electron chi connectivity index (χ2n) is 6.21. The maximum atomic E-state index is 12.9. The molecule has 0 atom stereocenters. The van der Waals surface area contributed by atoms with Crippen LogP contribution in [0.1, 0.15) is 11.1 Å². The summed E-state index contributed by atoms with van der Waals surface area (Å²) in [6.45, 7) is 2.00. The Morgan fingerprint density at radius 1 is 1.00 bits per heavy atom. The first-order valence-electron chi connectivity index (χ1n) is 8.26. The van der Waals surface area contributed by atoms with Crippen molar-refractivity contribution >= 4 is 22.5 Å². The molecule has 0 amide bonds. The molecule has 0 bridgehead atoms. The Balaban J connectivity index is 1.72. The molecule has 2 aromatic heterocycles. The van der Waals surface area contributed by atoms with E-state index in [1.54, 1.807) is 18.3 Å². The number of pyridine rings is 1. The number of imidazole rings is 1. The maximum absolute atomic E-state index is 12.9. The summed E-state index contributed by atoms with van der Waals surface area (Å²) >= 11 is 0. The van der Waals surface area contributed by atoms with Crippen LogP contribution in [0.15, 0.2) is 60.8 Å². The van der Waals surface area contributed by atoms with Crippen LogP contribution < -0.4 is 5.32 Å². The highest BCUT2D eigenvalue weighted by Crippen LogP contribution is 2.32. The minimum atomic E-state index is -4.40. The van der Waals surface area contributed by atoms with E-state index in [1.165, 1.54) is 6.07 Å². The first kappa shape index (κ1) is 17.1. The van der Waals surface area contributed by atoms with Crippen LogP contribution >= 0.6 is 0 Å². The zero-order valence-electron chi connectivity index (χ0n) is 14.3. The second-order valence-corrected chi connectivity index (χ2v) is 6.21. The van der Waals surface area contributed by atoms with Gasteiger partial charge in [-0.25, -0.2) is 9.97 Å². The summed E-state index contributed by atoms with van der Waals surface area (Å²) in [4.78, 5) is 12.0. The lowest BCUT2D eigenvalue weighted by Gasteiger charge is -2.10. The molecular weight excluding hydrogens is 353 g/mol. The molecule has 2 aromatic carbocycles.